The number of ether oxygens (including phenoxy) is 2. The molecule has 1 fully saturated rings. The molecule has 0 aliphatic carbocycles. The Balaban J connectivity index is 1.39. The minimum Gasteiger partial charge on any atom is -0.444 e. The Morgan fingerprint density at radius 1 is 1.23 bits per heavy atom. The lowest BCUT2D eigenvalue weighted by Crippen LogP contribution is -2.35. The highest BCUT2D eigenvalue weighted by atomic mass is 35.5. The van der Waals surface area contributed by atoms with E-state index in [0.717, 1.165) is 6.07 Å². The maximum absolute atomic E-state index is 13.9. The van der Waals surface area contributed by atoms with Crippen molar-refractivity contribution in [3.63, 3.8) is 0 Å². The molecule has 2 unspecified atom stereocenters. The Morgan fingerprint density at radius 3 is 2.60 bits per heavy atom. The molecule has 1 N–H and O–H groups in total. The molecule has 2 aromatic heterocycles. The minimum absolute atomic E-state index is 0.0490. The summed E-state index contributed by atoms with van der Waals surface area (Å²) < 4.78 is 24.8. The summed E-state index contributed by atoms with van der Waals surface area (Å²) in [5.74, 6) is -0.225. The maximum Gasteiger partial charge on any atom is 0.410 e. The predicted octanol–water partition coefficient (Wildman–Crippen LogP) is 3.80. The summed E-state index contributed by atoms with van der Waals surface area (Å²) in [6.07, 6.45) is 0.899. The summed E-state index contributed by atoms with van der Waals surface area (Å²) in [6, 6.07) is 7.85. The molecule has 0 saturated carbocycles. The number of benzene rings is 1. The molecule has 0 bridgehead atoms. The molecule has 12 heteroatoms. The second kappa shape index (κ2) is 10.1. The fourth-order valence-electron chi connectivity index (χ4n) is 3.73. The SMILES string of the molecule is CC(C)(C)OC(=O)N1CC(CO)C(Cn2nnc(-c3ccc(Oc4ncc(Cl)cc4F)cc3)n2)C1. The van der Waals surface area contributed by atoms with Crippen LogP contribution < -0.4 is 4.74 Å². The van der Waals surface area contributed by atoms with Crippen LogP contribution >= 0.6 is 11.6 Å². The van der Waals surface area contributed by atoms with Crippen LogP contribution in [0, 0.1) is 17.7 Å². The van der Waals surface area contributed by atoms with E-state index in [9.17, 15) is 14.3 Å². The number of nitrogens with zero attached hydrogens (tertiary/aromatic N) is 6. The normalized spacial score (nSPS) is 18.1. The zero-order valence-corrected chi connectivity index (χ0v) is 20.3. The minimum atomic E-state index is -0.662. The van der Waals surface area contributed by atoms with Crippen LogP contribution in [0.3, 0.4) is 0 Å². The number of hydrogen-bond acceptors (Lipinski definition) is 8. The van der Waals surface area contributed by atoms with Gasteiger partial charge in [0.15, 0.2) is 5.82 Å². The lowest BCUT2D eigenvalue weighted by Gasteiger charge is -2.24. The van der Waals surface area contributed by atoms with Gasteiger partial charge in [0.05, 0.1) is 11.6 Å². The molecule has 186 valence electrons. The number of hydrogen-bond donors (Lipinski definition) is 1. The molecule has 35 heavy (non-hydrogen) atoms. The van der Waals surface area contributed by atoms with Gasteiger partial charge < -0.3 is 19.5 Å². The van der Waals surface area contributed by atoms with Gasteiger partial charge in [-0.2, -0.15) is 4.80 Å². The number of rotatable bonds is 6. The van der Waals surface area contributed by atoms with Gasteiger partial charge in [-0.25, -0.2) is 14.2 Å². The lowest BCUT2D eigenvalue weighted by molar-refractivity contribution is 0.0280. The monoisotopic (exact) mass is 504 g/mol. The molecule has 0 spiro atoms. The van der Waals surface area contributed by atoms with Crippen LogP contribution in [0.15, 0.2) is 36.5 Å². The number of aromatic nitrogens is 5. The first-order valence-corrected chi connectivity index (χ1v) is 11.4. The highest BCUT2D eigenvalue weighted by Gasteiger charge is 2.37. The number of aliphatic hydroxyl groups excluding tert-OH is 1. The second-order valence-electron chi connectivity index (χ2n) is 9.32. The van der Waals surface area contributed by atoms with Crippen LogP contribution in [0.2, 0.25) is 5.02 Å². The van der Waals surface area contributed by atoms with Gasteiger partial charge in [-0.05, 0) is 56.3 Å². The van der Waals surface area contributed by atoms with Crippen LogP contribution in [-0.2, 0) is 11.3 Å². The third-order valence-corrected chi connectivity index (χ3v) is 5.62. The van der Waals surface area contributed by atoms with Gasteiger partial charge in [0.25, 0.3) is 5.88 Å². The number of aliphatic hydroxyl groups is 1. The van der Waals surface area contributed by atoms with Gasteiger partial charge >= 0.3 is 6.09 Å². The molecule has 10 nitrogen and oxygen atoms in total. The van der Waals surface area contributed by atoms with E-state index < -0.39 is 17.5 Å². The number of likely N-dealkylation sites (tertiary alicyclic amines) is 1. The third kappa shape index (κ3) is 6.23. The molecular weight excluding hydrogens is 479 g/mol. The van der Waals surface area contributed by atoms with Crippen molar-refractivity contribution in [1.82, 2.24) is 30.1 Å². The van der Waals surface area contributed by atoms with Gasteiger partial charge in [-0.1, -0.05) is 11.6 Å². The highest BCUT2D eigenvalue weighted by molar-refractivity contribution is 6.30. The van der Waals surface area contributed by atoms with Gasteiger partial charge in [-0.3, -0.25) is 0 Å². The van der Waals surface area contributed by atoms with Crippen molar-refractivity contribution in [1.29, 1.82) is 0 Å². The summed E-state index contributed by atoms with van der Waals surface area (Å²) in [5, 5.41) is 22.6. The molecule has 1 aliphatic heterocycles. The topological polar surface area (TPSA) is 115 Å². The van der Waals surface area contributed by atoms with E-state index in [1.165, 1.54) is 11.0 Å². The van der Waals surface area contributed by atoms with Gasteiger partial charge in [-0.15, -0.1) is 10.2 Å². The Labute approximate surface area is 206 Å². The molecule has 3 heterocycles. The predicted molar refractivity (Wildman–Crippen MR) is 124 cm³/mol. The van der Waals surface area contributed by atoms with E-state index in [2.05, 4.69) is 20.4 Å². The zero-order valence-electron chi connectivity index (χ0n) is 19.6. The van der Waals surface area contributed by atoms with Crippen molar-refractivity contribution in [3.8, 4) is 23.0 Å². The van der Waals surface area contributed by atoms with Crippen molar-refractivity contribution in [2.24, 2.45) is 11.8 Å². The van der Waals surface area contributed by atoms with Crippen LogP contribution in [0.5, 0.6) is 11.6 Å². The highest BCUT2D eigenvalue weighted by Crippen LogP contribution is 2.28. The molecular formula is C23H26ClFN6O4. The van der Waals surface area contributed by atoms with E-state index in [-0.39, 0.29) is 29.3 Å². The average molecular weight is 505 g/mol. The van der Waals surface area contributed by atoms with Crippen LogP contribution in [-0.4, -0.2) is 66.6 Å². The van der Waals surface area contributed by atoms with E-state index in [1.807, 2.05) is 20.8 Å². The standard InChI is InChI=1S/C23H26ClFN6O4/c1-23(2,3)35-22(33)30-10-15(16(11-30)13-32)12-31-28-20(27-29-31)14-4-6-18(7-5-14)34-21-19(25)8-17(24)9-26-21/h4-9,15-16,32H,10-13H2,1-3H3. The van der Waals surface area contributed by atoms with E-state index in [4.69, 9.17) is 21.1 Å². The number of tetrazole rings is 1. The number of carbonyl (C=O) groups excluding carboxylic acids is 1. The zero-order chi connectivity index (χ0) is 25.2. The van der Waals surface area contributed by atoms with Crippen molar-refractivity contribution in [2.75, 3.05) is 19.7 Å². The largest absolute Gasteiger partial charge is 0.444 e. The fourth-order valence-corrected chi connectivity index (χ4v) is 3.88. The van der Waals surface area contributed by atoms with E-state index in [0.29, 0.717) is 36.8 Å². The smallest absolute Gasteiger partial charge is 0.410 e. The number of halogens is 2. The molecule has 1 amide bonds. The molecule has 1 aromatic carbocycles. The van der Waals surface area contributed by atoms with Crippen LogP contribution in [0.4, 0.5) is 9.18 Å². The van der Waals surface area contributed by atoms with Gasteiger partial charge in [0, 0.05) is 43.3 Å². The van der Waals surface area contributed by atoms with Gasteiger partial charge in [0.2, 0.25) is 5.82 Å². The molecule has 4 rings (SSSR count). The first-order chi connectivity index (χ1) is 16.6. The average Bonchev–Trinajstić information content (AvgIpc) is 3.42. The van der Waals surface area contributed by atoms with Crippen molar-refractivity contribution in [2.45, 2.75) is 32.9 Å². The Bertz CT molecular complexity index is 1180. The van der Waals surface area contributed by atoms with Crippen molar-refractivity contribution in [3.05, 3.63) is 47.4 Å². The number of amides is 1. The van der Waals surface area contributed by atoms with Gasteiger partial charge in [0.1, 0.15) is 11.4 Å². The van der Waals surface area contributed by atoms with Crippen LogP contribution in [0.1, 0.15) is 20.8 Å². The summed E-state index contributed by atoms with van der Waals surface area (Å²) in [7, 11) is 0. The van der Waals surface area contributed by atoms with E-state index >= 15 is 0 Å². The first kappa shape index (κ1) is 24.8. The molecule has 0 radical (unpaired) electrons. The maximum atomic E-state index is 13.9. The molecule has 3 aromatic rings. The fraction of sp³-hybridized carbons (Fsp3) is 0.435. The molecule has 1 aliphatic rings. The molecule has 1 saturated heterocycles. The van der Waals surface area contributed by atoms with E-state index in [1.54, 1.807) is 29.2 Å². The lowest BCUT2D eigenvalue weighted by atomic mass is 9.97. The Kier molecular flexibility index (Phi) is 7.18. The Hall–Kier alpha value is -3.31. The summed E-state index contributed by atoms with van der Waals surface area (Å²) >= 11 is 5.71. The van der Waals surface area contributed by atoms with Crippen LogP contribution in [0.25, 0.3) is 11.4 Å². The summed E-state index contributed by atoms with van der Waals surface area (Å²) in [6.45, 7) is 6.61. The second-order valence-corrected chi connectivity index (χ2v) is 9.76. The quantitative estimate of drug-likeness (QED) is 0.539. The van der Waals surface area contributed by atoms with Crippen molar-refractivity contribution >= 4 is 17.7 Å². The molecule has 2 atom stereocenters. The van der Waals surface area contributed by atoms with Crippen molar-refractivity contribution < 1.29 is 23.8 Å². The first-order valence-electron chi connectivity index (χ1n) is 11.1. The summed E-state index contributed by atoms with van der Waals surface area (Å²) in [4.78, 5) is 19.3. The Morgan fingerprint density at radius 2 is 1.94 bits per heavy atom. The summed E-state index contributed by atoms with van der Waals surface area (Å²) in [5.41, 5.74) is 0.0976. The number of carbonyl (C=O) groups is 1. The number of pyridine rings is 1. The third-order valence-electron chi connectivity index (χ3n) is 5.41.